The summed E-state index contributed by atoms with van der Waals surface area (Å²) in [6.45, 7) is 4.55. The third kappa shape index (κ3) is 3.26. The van der Waals surface area contributed by atoms with Crippen LogP contribution in [0.3, 0.4) is 0 Å². The molecule has 3 rings (SSSR count). The van der Waals surface area contributed by atoms with Gasteiger partial charge in [0.05, 0.1) is 22.9 Å². The Labute approximate surface area is 145 Å². The average Bonchev–Trinajstić information content (AvgIpc) is 3.05. The highest BCUT2D eigenvalue weighted by molar-refractivity contribution is 7.18. The molecule has 24 heavy (non-hydrogen) atoms. The molecular formula is C19H20N2O2S. The number of carbonyl (C=O) groups is 1. The second-order valence-corrected chi connectivity index (χ2v) is 6.63. The van der Waals surface area contributed by atoms with Crippen LogP contribution < -0.4 is 4.74 Å². The molecule has 2 aromatic carbocycles. The number of rotatable bonds is 5. The van der Waals surface area contributed by atoms with E-state index in [0.29, 0.717) is 12.2 Å². The molecule has 1 atom stereocenters. The van der Waals surface area contributed by atoms with E-state index in [4.69, 9.17) is 4.74 Å². The number of fused-ring (bicyclic) bond motifs is 1. The Morgan fingerprint density at radius 1 is 1.21 bits per heavy atom. The van der Waals surface area contributed by atoms with Crippen molar-refractivity contribution in [1.82, 2.24) is 9.88 Å². The Morgan fingerprint density at radius 2 is 1.92 bits per heavy atom. The van der Waals surface area contributed by atoms with Crippen molar-refractivity contribution < 1.29 is 9.53 Å². The van der Waals surface area contributed by atoms with Crippen LogP contribution in [0.2, 0.25) is 0 Å². The topological polar surface area (TPSA) is 42.4 Å². The zero-order valence-corrected chi connectivity index (χ0v) is 14.8. The first-order chi connectivity index (χ1) is 11.6. The van der Waals surface area contributed by atoms with Crippen molar-refractivity contribution in [2.75, 3.05) is 13.7 Å². The highest BCUT2D eigenvalue weighted by atomic mass is 32.1. The van der Waals surface area contributed by atoms with Crippen molar-refractivity contribution in [3.05, 3.63) is 59.1 Å². The van der Waals surface area contributed by atoms with Crippen LogP contribution >= 0.6 is 11.3 Å². The number of aromatic nitrogens is 1. The molecule has 0 aliphatic rings. The van der Waals surface area contributed by atoms with Gasteiger partial charge in [0.1, 0.15) is 10.8 Å². The Bertz CT molecular complexity index is 809. The van der Waals surface area contributed by atoms with Crippen molar-refractivity contribution in [3.63, 3.8) is 0 Å². The third-order valence-corrected chi connectivity index (χ3v) is 5.19. The fourth-order valence-corrected chi connectivity index (χ4v) is 3.54. The smallest absolute Gasteiger partial charge is 0.254 e. The van der Waals surface area contributed by atoms with Crippen LogP contribution in [-0.4, -0.2) is 29.4 Å². The summed E-state index contributed by atoms with van der Waals surface area (Å²) in [6, 6.07) is 15.2. The molecule has 1 aromatic heterocycles. The Balaban J connectivity index is 1.78. The molecule has 0 saturated heterocycles. The summed E-state index contributed by atoms with van der Waals surface area (Å²) in [5.74, 6) is 0.751. The molecule has 1 amide bonds. The fraction of sp³-hybridized carbons (Fsp3) is 0.263. The second kappa shape index (κ2) is 7.01. The minimum Gasteiger partial charge on any atom is -0.494 e. The maximum atomic E-state index is 12.7. The molecule has 5 heteroatoms. The SMILES string of the molecule is CCOc1ccc(C(=O)N(C)[C@@H](C)c2nc3ccccc3s2)cc1. The summed E-state index contributed by atoms with van der Waals surface area (Å²) >= 11 is 1.63. The summed E-state index contributed by atoms with van der Waals surface area (Å²) in [6.07, 6.45) is 0. The summed E-state index contributed by atoms with van der Waals surface area (Å²) < 4.78 is 6.56. The zero-order chi connectivity index (χ0) is 17.1. The van der Waals surface area contributed by atoms with E-state index >= 15 is 0 Å². The predicted octanol–water partition coefficient (Wildman–Crippen LogP) is 4.53. The largest absolute Gasteiger partial charge is 0.494 e. The lowest BCUT2D eigenvalue weighted by Gasteiger charge is -2.23. The van der Waals surface area contributed by atoms with Crippen LogP contribution in [0.25, 0.3) is 10.2 Å². The maximum absolute atomic E-state index is 12.7. The molecule has 0 aliphatic heterocycles. The van der Waals surface area contributed by atoms with Crippen molar-refractivity contribution in [3.8, 4) is 5.75 Å². The van der Waals surface area contributed by atoms with Gasteiger partial charge in [0, 0.05) is 12.6 Å². The summed E-state index contributed by atoms with van der Waals surface area (Å²) in [4.78, 5) is 19.1. The monoisotopic (exact) mass is 340 g/mol. The van der Waals surface area contributed by atoms with Crippen molar-refractivity contribution in [2.45, 2.75) is 19.9 Å². The van der Waals surface area contributed by atoms with Gasteiger partial charge in [-0.2, -0.15) is 0 Å². The first-order valence-corrected chi connectivity index (χ1v) is 8.77. The number of para-hydroxylation sites is 1. The Hall–Kier alpha value is -2.40. The van der Waals surface area contributed by atoms with Gasteiger partial charge in [-0.05, 0) is 50.2 Å². The standard InChI is InChI=1S/C19H20N2O2S/c1-4-23-15-11-9-14(10-12-15)19(22)21(3)13(2)18-20-16-7-5-6-8-17(16)24-18/h5-13H,4H2,1-3H3/t13-/m0/s1. The minimum atomic E-state index is -0.0820. The number of benzene rings is 2. The van der Waals surface area contributed by atoms with E-state index in [2.05, 4.69) is 11.1 Å². The van der Waals surface area contributed by atoms with Crippen LogP contribution in [0, 0.1) is 0 Å². The lowest BCUT2D eigenvalue weighted by Crippen LogP contribution is -2.29. The molecule has 0 unspecified atom stereocenters. The average molecular weight is 340 g/mol. The van der Waals surface area contributed by atoms with Gasteiger partial charge in [-0.15, -0.1) is 11.3 Å². The Kier molecular flexibility index (Phi) is 4.81. The number of thiazole rings is 1. The molecule has 3 aromatic rings. The Morgan fingerprint density at radius 3 is 2.58 bits per heavy atom. The number of hydrogen-bond acceptors (Lipinski definition) is 4. The van der Waals surface area contributed by atoms with Gasteiger partial charge in [-0.1, -0.05) is 12.1 Å². The van der Waals surface area contributed by atoms with E-state index in [9.17, 15) is 4.79 Å². The van der Waals surface area contributed by atoms with Gasteiger partial charge >= 0.3 is 0 Å². The zero-order valence-electron chi connectivity index (χ0n) is 14.0. The van der Waals surface area contributed by atoms with E-state index in [0.717, 1.165) is 21.0 Å². The molecule has 4 nitrogen and oxygen atoms in total. The predicted molar refractivity (Wildman–Crippen MR) is 97.7 cm³/mol. The van der Waals surface area contributed by atoms with Crippen LogP contribution in [-0.2, 0) is 0 Å². The van der Waals surface area contributed by atoms with Gasteiger partial charge < -0.3 is 9.64 Å². The van der Waals surface area contributed by atoms with E-state index in [1.807, 2.05) is 51.2 Å². The van der Waals surface area contributed by atoms with E-state index in [1.54, 1.807) is 28.4 Å². The summed E-state index contributed by atoms with van der Waals surface area (Å²) in [5.41, 5.74) is 1.63. The summed E-state index contributed by atoms with van der Waals surface area (Å²) in [5, 5.41) is 0.943. The van der Waals surface area contributed by atoms with Gasteiger partial charge in [0.15, 0.2) is 0 Å². The number of amides is 1. The maximum Gasteiger partial charge on any atom is 0.254 e. The molecule has 0 bridgehead atoms. The molecular weight excluding hydrogens is 320 g/mol. The molecule has 0 radical (unpaired) electrons. The number of hydrogen-bond donors (Lipinski definition) is 0. The van der Waals surface area contributed by atoms with Crippen molar-refractivity contribution in [2.24, 2.45) is 0 Å². The van der Waals surface area contributed by atoms with E-state index in [-0.39, 0.29) is 11.9 Å². The summed E-state index contributed by atoms with van der Waals surface area (Å²) in [7, 11) is 1.82. The van der Waals surface area contributed by atoms with Crippen LogP contribution in [0.5, 0.6) is 5.75 Å². The molecule has 1 heterocycles. The molecule has 0 spiro atoms. The quantitative estimate of drug-likeness (QED) is 0.685. The molecule has 0 N–H and O–H groups in total. The minimum absolute atomic E-state index is 0.0233. The highest BCUT2D eigenvalue weighted by Crippen LogP contribution is 2.29. The van der Waals surface area contributed by atoms with E-state index in [1.165, 1.54) is 0 Å². The molecule has 0 saturated carbocycles. The highest BCUT2D eigenvalue weighted by Gasteiger charge is 2.21. The molecule has 0 aliphatic carbocycles. The van der Waals surface area contributed by atoms with Crippen LogP contribution in [0.15, 0.2) is 48.5 Å². The number of ether oxygens (including phenoxy) is 1. The fourth-order valence-electron chi connectivity index (χ4n) is 2.47. The normalized spacial score (nSPS) is 12.1. The second-order valence-electron chi connectivity index (χ2n) is 5.57. The van der Waals surface area contributed by atoms with Crippen LogP contribution in [0.4, 0.5) is 0 Å². The van der Waals surface area contributed by atoms with Crippen LogP contribution in [0.1, 0.15) is 35.3 Å². The van der Waals surface area contributed by atoms with Gasteiger partial charge in [-0.3, -0.25) is 4.79 Å². The molecule has 0 fully saturated rings. The lowest BCUT2D eigenvalue weighted by atomic mass is 10.1. The first-order valence-electron chi connectivity index (χ1n) is 7.95. The lowest BCUT2D eigenvalue weighted by molar-refractivity contribution is 0.0742. The molecule has 124 valence electrons. The number of nitrogens with zero attached hydrogens (tertiary/aromatic N) is 2. The van der Waals surface area contributed by atoms with E-state index < -0.39 is 0 Å². The van der Waals surface area contributed by atoms with Gasteiger partial charge in [-0.25, -0.2) is 4.98 Å². The third-order valence-electron chi connectivity index (χ3n) is 3.98. The van der Waals surface area contributed by atoms with Gasteiger partial charge in [0.25, 0.3) is 5.91 Å². The first kappa shape index (κ1) is 16.5. The van der Waals surface area contributed by atoms with Crippen molar-refractivity contribution >= 4 is 27.5 Å². The van der Waals surface area contributed by atoms with Crippen molar-refractivity contribution in [1.29, 1.82) is 0 Å². The number of carbonyl (C=O) groups excluding carboxylic acids is 1. The van der Waals surface area contributed by atoms with Gasteiger partial charge in [0.2, 0.25) is 0 Å².